The van der Waals surface area contributed by atoms with Crippen LogP contribution in [0.1, 0.15) is 16.1 Å². The highest BCUT2D eigenvalue weighted by Gasteiger charge is 2.19. The van der Waals surface area contributed by atoms with Gasteiger partial charge in [0.2, 0.25) is 0 Å². The fraction of sp³-hybridized carbons (Fsp3) is 0.136. The van der Waals surface area contributed by atoms with Gasteiger partial charge in [-0.3, -0.25) is 9.78 Å². The lowest BCUT2D eigenvalue weighted by atomic mass is 10.0. The second-order valence-corrected chi connectivity index (χ2v) is 6.49. The van der Waals surface area contributed by atoms with Crippen LogP contribution in [-0.4, -0.2) is 35.3 Å². The van der Waals surface area contributed by atoms with Crippen molar-refractivity contribution in [2.45, 2.75) is 6.54 Å². The molecule has 4 aromatic rings. The number of hydrogen-bond acceptors (Lipinski definition) is 6. The first-order valence-corrected chi connectivity index (χ1v) is 9.22. The maximum absolute atomic E-state index is 12.5. The number of aromatic amines is 1. The van der Waals surface area contributed by atoms with E-state index in [1.165, 1.54) is 0 Å². The number of aromatic nitrogens is 3. The van der Waals surface area contributed by atoms with Crippen LogP contribution in [0.2, 0.25) is 0 Å². The maximum atomic E-state index is 12.5. The standard InChI is InChI=1S/C22H20N4O4/c1-28-16-5-6-20(29-2)17(9-16)18-13-30-26-21(18)15-8-19(24-12-15)22(27)25-11-14-4-3-7-23-10-14/h3-10,12-13,24H,11H2,1-2H3,(H,25,27). The molecule has 4 rings (SSSR count). The lowest BCUT2D eigenvalue weighted by Crippen LogP contribution is -2.23. The summed E-state index contributed by atoms with van der Waals surface area (Å²) < 4.78 is 16.0. The molecule has 3 aromatic heterocycles. The molecule has 152 valence electrons. The second kappa shape index (κ2) is 8.52. The van der Waals surface area contributed by atoms with Gasteiger partial charge in [-0.2, -0.15) is 0 Å². The summed E-state index contributed by atoms with van der Waals surface area (Å²) in [5.41, 5.74) is 4.14. The average Bonchev–Trinajstić information content (AvgIpc) is 3.47. The highest BCUT2D eigenvalue weighted by Crippen LogP contribution is 2.38. The van der Waals surface area contributed by atoms with Crippen LogP contribution in [0.15, 0.2) is 65.8 Å². The zero-order valence-electron chi connectivity index (χ0n) is 16.5. The molecule has 8 nitrogen and oxygen atoms in total. The second-order valence-electron chi connectivity index (χ2n) is 6.49. The topological polar surface area (TPSA) is 102 Å². The number of carbonyl (C=O) groups is 1. The Morgan fingerprint density at radius 3 is 2.83 bits per heavy atom. The van der Waals surface area contributed by atoms with Gasteiger partial charge >= 0.3 is 0 Å². The van der Waals surface area contributed by atoms with Crippen LogP contribution in [0.5, 0.6) is 11.5 Å². The molecule has 8 heteroatoms. The summed E-state index contributed by atoms with van der Waals surface area (Å²) in [7, 11) is 3.20. The number of pyridine rings is 1. The molecule has 30 heavy (non-hydrogen) atoms. The highest BCUT2D eigenvalue weighted by molar-refractivity contribution is 5.94. The van der Waals surface area contributed by atoms with Crippen molar-refractivity contribution in [3.8, 4) is 33.9 Å². The van der Waals surface area contributed by atoms with E-state index in [2.05, 4.69) is 20.4 Å². The Balaban J connectivity index is 1.58. The first-order valence-electron chi connectivity index (χ1n) is 9.22. The molecular weight excluding hydrogens is 384 g/mol. The van der Waals surface area contributed by atoms with Crippen molar-refractivity contribution in [1.82, 2.24) is 20.4 Å². The fourth-order valence-corrected chi connectivity index (χ4v) is 3.10. The Hall–Kier alpha value is -4.07. The molecule has 0 atom stereocenters. The highest BCUT2D eigenvalue weighted by atomic mass is 16.5. The Morgan fingerprint density at radius 2 is 2.07 bits per heavy atom. The van der Waals surface area contributed by atoms with Gasteiger partial charge in [-0.1, -0.05) is 11.2 Å². The van der Waals surface area contributed by atoms with Crippen LogP contribution in [0.3, 0.4) is 0 Å². The third-order valence-corrected chi connectivity index (χ3v) is 4.64. The number of H-pyrrole nitrogens is 1. The number of carbonyl (C=O) groups excluding carboxylic acids is 1. The Morgan fingerprint density at radius 1 is 1.17 bits per heavy atom. The number of amides is 1. The van der Waals surface area contributed by atoms with E-state index in [0.29, 0.717) is 29.4 Å². The molecule has 0 saturated carbocycles. The van der Waals surface area contributed by atoms with Crippen LogP contribution >= 0.6 is 0 Å². The van der Waals surface area contributed by atoms with E-state index in [1.807, 2.05) is 30.3 Å². The molecular formula is C22H20N4O4. The first kappa shape index (κ1) is 19.3. The Kier molecular flexibility index (Phi) is 5.47. The lowest BCUT2D eigenvalue weighted by Gasteiger charge is -2.09. The van der Waals surface area contributed by atoms with Gasteiger partial charge in [0, 0.05) is 36.3 Å². The number of nitrogens with zero attached hydrogens (tertiary/aromatic N) is 2. The summed E-state index contributed by atoms with van der Waals surface area (Å²) in [5, 5.41) is 6.99. The minimum absolute atomic E-state index is 0.228. The van der Waals surface area contributed by atoms with Crippen molar-refractivity contribution in [3.05, 3.63) is 72.5 Å². The monoisotopic (exact) mass is 404 g/mol. The van der Waals surface area contributed by atoms with Gasteiger partial charge in [0.05, 0.1) is 19.8 Å². The van der Waals surface area contributed by atoms with E-state index in [1.54, 1.807) is 45.1 Å². The molecule has 0 saturated heterocycles. The molecule has 2 N–H and O–H groups in total. The summed E-state index contributed by atoms with van der Waals surface area (Å²) in [6.07, 6.45) is 6.66. The number of hydrogen-bond donors (Lipinski definition) is 2. The third-order valence-electron chi connectivity index (χ3n) is 4.64. The normalized spacial score (nSPS) is 10.6. The molecule has 3 heterocycles. The zero-order chi connectivity index (χ0) is 20.9. The van der Waals surface area contributed by atoms with E-state index in [4.69, 9.17) is 14.0 Å². The largest absolute Gasteiger partial charge is 0.497 e. The van der Waals surface area contributed by atoms with Gasteiger partial charge in [-0.15, -0.1) is 0 Å². The van der Waals surface area contributed by atoms with Gasteiger partial charge in [0.25, 0.3) is 5.91 Å². The quantitative estimate of drug-likeness (QED) is 0.487. The zero-order valence-corrected chi connectivity index (χ0v) is 16.5. The summed E-state index contributed by atoms with van der Waals surface area (Å²) in [6.45, 7) is 0.386. The predicted octanol–water partition coefficient (Wildman–Crippen LogP) is 3.68. The van der Waals surface area contributed by atoms with Crippen molar-refractivity contribution in [2.24, 2.45) is 0 Å². The van der Waals surface area contributed by atoms with Gasteiger partial charge < -0.3 is 24.3 Å². The van der Waals surface area contributed by atoms with Crippen molar-refractivity contribution in [3.63, 3.8) is 0 Å². The van der Waals surface area contributed by atoms with Gasteiger partial charge in [0.15, 0.2) is 0 Å². The minimum atomic E-state index is -0.228. The van der Waals surface area contributed by atoms with Crippen molar-refractivity contribution < 1.29 is 18.8 Å². The number of rotatable bonds is 7. The third kappa shape index (κ3) is 3.88. The van der Waals surface area contributed by atoms with Gasteiger partial charge in [-0.05, 0) is 35.9 Å². The van der Waals surface area contributed by atoms with Crippen LogP contribution in [-0.2, 0) is 6.54 Å². The van der Waals surface area contributed by atoms with Crippen molar-refractivity contribution in [2.75, 3.05) is 14.2 Å². The molecule has 1 amide bonds. The van der Waals surface area contributed by atoms with E-state index in [9.17, 15) is 4.79 Å². The van der Waals surface area contributed by atoms with Crippen LogP contribution in [0.25, 0.3) is 22.4 Å². The average molecular weight is 404 g/mol. The minimum Gasteiger partial charge on any atom is -0.497 e. The molecule has 0 aliphatic rings. The molecule has 0 spiro atoms. The van der Waals surface area contributed by atoms with Gasteiger partial charge in [0.1, 0.15) is 29.2 Å². The maximum Gasteiger partial charge on any atom is 0.267 e. The molecule has 0 unspecified atom stereocenters. The van der Waals surface area contributed by atoms with Crippen LogP contribution in [0.4, 0.5) is 0 Å². The summed E-state index contributed by atoms with van der Waals surface area (Å²) in [4.78, 5) is 19.5. The summed E-state index contributed by atoms with van der Waals surface area (Å²) >= 11 is 0. The van der Waals surface area contributed by atoms with E-state index >= 15 is 0 Å². The lowest BCUT2D eigenvalue weighted by molar-refractivity contribution is 0.0946. The number of benzene rings is 1. The molecule has 0 fully saturated rings. The van der Waals surface area contributed by atoms with Crippen molar-refractivity contribution in [1.29, 1.82) is 0 Å². The van der Waals surface area contributed by atoms with Crippen LogP contribution in [0, 0.1) is 0 Å². The van der Waals surface area contributed by atoms with Crippen molar-refractivity contribution >= 4 is 5.91 Å². The van der Waals surface area contributed by atoms with E-state index in [0.717, 1.165) is 22.3 Å². The SMILES string of the molecule is COc1ccc(OC)c(-c2conc2-c2c[nH]c(C(=O)NCc3cccnc3)c2)c1. The van der Waals surface area contributed by atoms with E-state index in [-0.39, 0.29) is 5.91 Å². The molecule has 0 aliphatic carbocycles. The molecule has 0 radical (unpaired) electrons. The smallest absolute Gasteiger partial charge is 0.267 e. The predicted molar refractivity (Wildman–Crippen MR) is 110 cm³/mol. The molecule has 0 aliphatic heterocycles. The Bertz CT molecular complexity index is 1150. The number of methoxy groups -OCH3 is 2. The number of nitrogens with one attached hydrogen (secondary N) is 2. The summed E-state index contributed by atoms with van der Waals surface area (Å²) in [6, 6.07) is 10.9. The van der Waals surface area contributed by atoms with E-state index < -0.39 is 0 Å². The molecule has 1 aromatic carbocycles. The molecule has 0 bridgehead atoms. The first-order chi connectivity index (χ1) is 14.7. The summed E-state index contributed by atoms with van der Waals surface area (Å²) in [5.74, 6) is 1.11. The number of ether oxygens (including phenoxy) is 2. The van der Waals surface area contributed by atoms with Gasteiger partial charge in [-0.25, -0.2) is 0 Å². The Labute approximate surface area is 172 Å². The fourth-order valence-electron chi connectivity index (χ4n) is 3.10. The van der Waals surface area contributed by atoms with Crippen LogP contribution < -0.4 is 14.8 Å².